The number of nitrogens with two attached hydrogens (primary N) is 1. The van der Waals surface area contributed by atoms with Gasteiger partial charge in [0.2, 0.25) is 11.9 Å². The van der Waals surface area contributed by atoms with Crippen LogP contribution in [0.1, 0.15) is 56.1 Å². The summed E-state index contributed by atoms with van der Waals surface area (Å²) in [7, 11) is 0. The number of carbonyl (C=O) groups is 1. The van der Waals surface area contributed by atoms with Gasteiger partial charge in [0.1, 0.15) is 17.5 Å². The molecule has 5 N–H and O–H groups in total. The normalized spacial score (nSPS) is 25.1. The van der Waals surface area contributed by atoms with Crippen molar-refractivity contribution in [2.24, 2.45) is 23.5 Å². The average Bonchev–Trinajstić information content (AvgIpc) is 2.94. The largest absolute Gasteiger partial charge is 0.369 e. The van der Waals surface area contributed by atoms with E-state index in [9.17, 15) is 10.1 Å². The van der Waals surface area contributed by atoms with E-state index >= 15 is 0 Å². The summed E-state index contributed by atoms with van der Waals surface area (Å²) in [6.45, 7) is 3.24. The minimum absolute atomic E-state index is 0.204. The second-order valence-electron chi connectivity index (χ2n) is 11.3. The summed E-state index contributed by atoms with van der Waals surface area (Å²) in [5.41, 5.74) is 7.39. The van der Waals surface area contributed by atoms with Gasteiger partial charge in [0.05, 0.1) is 12.7 Å². The van der Waals surface area contributed by atoms with Crippen molar-refractivity contribution in [3.63, 3.8) is 0 Å². The fraction of sp³-hybridized carbons (Fsp3) is 0.586. The lowest BCUT2D eigenvalue weighted by molar-refractivity contribution is -0.131. The Morgan fingerprint density at radius 1 is 1.13 bits per heavy atom. The second kappa shape index (κ2) is 12.9. The molecule has 4 atom stereocenters. The average molecular weight is 551 g/mol. The highest BCUT2D eigenvalue weighted by Gasteiger charge is 2.40. The fourth-order valence-electron chi connectivity index (χ4n) is 6.57. The standard InChI is InChI=1S/C29H39ClN8O/c30-25-7-2-1-4-22(25)16-35-29-36-17-23(14-31)28(37-29)34-15-19-12-20-5-3-6-21(13-19)27(20)33-18-26(39)38-10-8-24(32)9-11-38/h1-2,4,7,17,19-21,24,27,33H,3,5-6,8-13,15-16,18,32H2,(H2,34,35,36,37)/t19?,20-,21+,27?. The van der Waals surface area contributed by atoms with E-state index in [0.29, 0.717) is 59.2 Å². The maximum Gasteiger partial charge on any atom is 0.236 e. The van der Waals surface area contributed by atoms with Gasteiger partial charge in [-0.25, -0.2) is 4.98 Å². The van der Waals surface area contributed by atoms with Crippen LogP contribution in [-0.2, 0) is 11.3 Å². The van der Waals surface area contributed by atoms with E-state index in [2.05, 4.69) is 32.0 Å². The van der Waals surface area contributed by atoms with Crippen LogP contribution in [0.3, 0.4) is 0 Å². The Labute approximate surface area is 235 Å². The van der Waals surface area contributed by atoms with E-state index in [0.717, 1.165) is 50.9 Å². The number of nitriles is 1. The van der Waals surface area contributed by atoms with Crippen molar-refractivity contribution in [1.29, 1.82) is 5.26 Å². The van der Waals surface area contributed by atoms with Gasteiger partial charge >= 0.3 is 0 Å². The van der Waals surface area contributed by atoms with Gasteiger partial charge in [0.25, 0.3) is 0 Å². The Kier molecular flexibility index (Phi) is 9.17. The summed E-state index contributed by atoms with van der Waals surface area (Å²) in [4.78, 5) is 23.7. The number of amides is 1. The van der Waals surface area contributed by atoms with Crippen molar-refractivity contribution < 1.29 is 4.79 Å². The lowest BCUT2D eigenvalue weighted by Crippen LogP contribution is -2.53. The summed E-state index contributed by atoms with van der Waals surface area (Å²) in [5.74, 6) is 2.86. The lowest BCUT2D eigenvalue weighted by Gasteiger charge is -2.46. The first-order valence-electron chi connectivity index (χ1n) is 14.2. The molecule has 39 heavy (non-hydrogen) atoms. The van der Waals surface area contributed by atoms with Crippen molar-refractivity contribution in [3.05, 3.63) is 46.6 Å². The SMILES string of the molecule is N#Cc1cnc(NCc2ccccc2Cl)nc1NCC1C[C@H]2CCC[C@@H](C1)C2NCC(=O)N1CCC(N)CC1. The Balaban J connectivity index is 1.14. The van der Waals surface area contributed by atoms with Crippen LogP contribution in [0.5, 0.6) is 0 Å². The van der Waals surface area contributed by atoms with E-state index in [4.69, 9.17) is 17.3 Å². The maximum atomic E-state index is 12.8. The van der Waals surface area contributed by atoms with Crippen LogP contribution >= 0.6 is 11.6 Å². The summed E-state index contributed by atoms with van der Waals surface area (Å²) >= 11 is 6.27. The van der Waals surface area contributed by atoms with Crippen LogP contribution in [0.4, 0.5) is 11.8 Å². The zero-order chi connectivity index (χ0) is 27.2. The van der Waals surface area contributed by atoms with Crippen LogP contribution in [-0.4, -0.2) is 59.0 Å². The number of benzene rings is 1. The molecule has 2 aliphatic carbocycles. The molecule has 5 rings (SSSR count). The van der Waals surface area contributed by atoms with E-state index in [-0.39, 0.29) is 11.9 Å². The molecular formula is C29H39ClN8O. The predicted molar refractivity (Wildman–Crippen MR) is 153 cm³/mol. The molecule has 1 amide bonds. The third-order valence-corrected chi connectivity index (χ3v) is 9.05. The number of carbonyl (C=O) groups excluding carboxylic acids is 1. The van der Waals surface area contributed by atoms with Gasteiger partial charge < -0.3 is 26.6 Å². The minimum Gasteiger partial charge on any atom is -0.369 e. The molecule has 9 nitrogen and oxygen atoms in total. The number of halogens is 1. The first kappa shape index (κ1) is 27.6. The highest BCUT2D eigenvalue weighted by molar-refractivity contribution is 6.31. The summed E-state index contributed by atoms with van der Waals surface area (Å²) in [5, 5.41) is 20.6. The van der Waals surface area contributed by atoms with Crippen LogP contribution in [0.25, 0.3) is 0 Å². The third kappa shape index (κ3) is 6.99. The maximum absolute atomic E-state index is 12.8. The quantitative estimate of drug-likeness (QED) is 0.371. The lowest BCUT2D eigenvalue weighted by atomic mass is 9.64. The number of rotatable bonds is 9. The zero-order valence-electron chi connectivity index (χ0n) is 22.4. The highest BCUT2D eigenvalue weighted by atomic mass is 35.5. The molecule has 1 aromatic carbocycles. The molecule has 3 fully saturated rings. The fourth-order valence-corrected chi connectivity index (χ4v) is 6.78. The molecule has 3 aliphatic rings. The van der Waals surface area contributed by atoms with Gasteiger partial charge in [-0.3, -0.25) is 4.79 Å². The molecule has 0 spiro atoms. The third-order valence-electron chi connectivity index (χ3n) is 8.68. The number of aromatic nitrogens is 2. The monoisotopic (exact) mass is 550 g/mol. The summed E-state index contributed by atoms with van der Waals surface area (Å²) in [6, 6.07) is 10.5. The van der Waals surface area contributed by atoms with E-state index < -0.39 is 0 Å². The molecule has 0 radical (unpaired) electrons. The van der Waals surface area contributed by atoms with Crippen molar-refractivity contribution in [3.8, 4) is 6.07 Å². The Hall–Kier alpha value is -2.93. The van der Waals surface area contributed by atoms with Crippen LogP contribution in [0.2, 0.25) is 5.02 Å². The first-order valence-corrected chi connectivity index (χ1v) is 14.6. The molecule has 1 saturated heterocycles. The molecule has 2 saturated carbocycles. The van der Waals surface area contributed by atoms with E-state index in [1.165, 1.54) is 19.3 Å². The number of fused-ring (bicyclic) bond motifs is 2. The Morgan fingerprint density at radius 3 is 2.59 bits per heavy atom. The molecular weight excluding hydrogens is 512 g/mol. The van der Waals surface area contributed by atoms with Crippen molar-refractivity contribution >= 4 is 29.3 Å². The van der Waals surface area contributed by atoms with Gasteiger partial charge in [-0.15, -0.1) is 0 Å². The number of hydrogen-bond donors (Lipinski definition) is 4. The van der Waals surface area contributed by atoms with Crippen molar-refractivity contribution in [2.45, 2.75) is 63.6 Å². The van der Waals surface area contributed by atoms with Crippen molar-refractivity contribution in [1.82, 2.24) is 20.2 Å². The summed E-state index contributed by atoms with van der Waals surface area (Å²) < 4.78 is 0. The molecule has 208 valence electrons. The predicted octanol–water partition coefficient (Wildman–Crippen LogP) is 3.76. The van der Waals surface area contributed by atoms with Gasteiger partial charge in [-0.1, -0.05) is 36.2 Å². The van der Waals surface area contributed by atoms with Crippen LogP contribution < -0.4 is 21.7 Å². The van der Waals surface area contributed by atoms with E-state index in [1.807, 2.05) is 29.2 Å². The minimum atomic E-state index is 0.204. The van der Waals surface area contributed by atoms with E-state index in [1.54, 1.807) is 6.20 Å². The number of likely N-dealkylation sites (tertiary alicyclic amines) is 1. The number of hydrogen-bond acceptors (Lipinski definition) is 8. The molecule has 2 bridgehead atoms. The molecule has 10 heteroatoms. The Morgan fingerprint density at radius 2 is 1.87 bits per heavy atom. The second-order valence-corrected chi connectivity index (χ2v) is 11.7. The van der Waals surface area contributed by atoms with Crippen LogP contribution in [0.15, 0.2) is 30.5 Å². The molecule has 2 heterocycles. The van der Waals surface area contributed by atoms with Gasteiger partial charge in [0.15, 0.2) is 0 Å². The topological polar surface area (TPSA) is 132 Å². The van der Waals surface area contributed by atoms with Crippen molar-refractivity contribution in [2.75, 3.05) is 36.8 Å². The number of nitrogens with zero attached hydrogens (tertiary/aromatic N) is 4. The van der Waals surface area contributed by atoms with Crippen LogP contribution in [0, 0.1) is 29.1 Å². The Bertz CT molecular complexity index is 1160. The number of anilines is 2. The van der Waals surface area contributed by atoms with Gasteiger partial charge in [0, 0.05) is 43.3 Å². The molecule has 1 aliphatic heterocycles. The number of nitrogens with one attached hydrogen (secondary N) is 3. The van der Waals surface area contributed by atoms with Gasteiger partial charge in [-0.05, 0) is 67.9 Å². The smallest absolute Gasteiger partial charge is 0.236 e. The summed E-state index contributed by atoms with van der Waals surface area (Å²) in [6.07, 6.45) is 9.23. The van der Waals surface area contributed by atoms with Gasteiger partial charge in [-0.2, -0.15) is 10.2 Å². The molecule has 1 aromatic heterocycles. The number of piperidine rings is 1. The molecule has 2 aromatic rings. The molecule has 2 unspecified atom stereocenters. The zero-order valence-corrected chi connectivity index (χ0v) is 23.2. The highest BCUT2D eigenvalue weighted by Crippen LogP contribution is 2.43. The first-order chi connectivity index (χ1) is 19.0.